The number of carbonyl (C=O) groups is 1. The Morgan fingerprint density at radius 1 is 1.03 bits per heavy atom. The van der Waals surface area contributed by atoms with E-state index in [1.165, 1.54) is 0 Å². The molecule has 0 radical (unpaired) electrons. The van der Waals surface area contributed by atoms with Gasteiger partial charge in [0.1, 0.15) is 5.82 Å². The molecule has 1 amide bonds. The molecule has 0 saturated carbocycles. The molecule has 0 bridgehead atoms. The third-order valence-corrected chi connectivity index (χ3v) is 4.83. The lowest BCUT2D eigenvalue weighted by Crippen LogP contribution is -2.34. The number of rotatable bonds is 9. The molecule has 2 aromatic heterocycles. The van der Waals surface area contributed by atoms with Gasteiger partial charge in [0.25, 0.3) is 5.91 Å². The molecular formula is C22H26BrN7O. The Balaban J connectivity index is 1.61. The molecule has 0 unspecified atom stereocenters. The first-order valence-corrected chi connectivity index (χ1v) is 10.8. The first-order valence-electron chi connectivity index (χ1n) is 10.0. The molecule has 8 nitrogen and oxygen atoms in total. The van der Waals surface area contributed by atoms with Crippen molar-refractivity contribution in [3.8, 4) is 0 Å². The summed E-state index contributed by atoms with van der Waals surface area (Å²) in [4.78, 5) is 25.5. The summed E-state index contributed by atoms with van der Waals surface area (Å²) in [5.74, 6) is 1.62. The molecule has 2 heterocycles. The van der Waals surface area contributed by atoms with Gasteiger partial charge in [0.05, 0.1) is 4.47 Å². The quantitative estimate of drug-likeness (QED) is 0.338. The van der Waals surface area contributed by atoms with Crippen molar-refractivity contribution in [3.05, 3.63) is 64.4 Å². The van der Waals surface area contributed by atoms with Crippen molar-refractivity contribution in [2.24, 2.45) is 0 Å². The van der Waals surface area contributed by atoms with Crippen LogP contribution in [0.15, 0.2) is 53.1 Å². The number of amides is 1. The van der Waals surface area contributed by atoms with Crippen molar-refractivity contribution >= 4 is 45.1 Å². The van der Waals surface area contributed by atoms with E-state index in [1.807, 2.05) is 37.3 Å². The number of nitrogens with zero attached hydrogens (tertiary/aromatic N) is 3. The third-order valence-electron chi connectivity index (χ3n) is 4.25. The van der Waals surface area contributed by atoms with Gasteiger partial charge in [0, 0.05) is 42.3 Å². The van der Waals surface area contributed by atoms with Gasteiger partial charge < -0.3 is 21.3 Å². The Hall–Kier alpha value is -3.04. The van der Waals surface area contributed by atoms with Crippen molar-refractivity contribution in [3.63, 3.8) is 0 Å². The number of benzene rings is 1. The topological polar surface area (TPSA) is 104 Å². The van der Waals surface area contributed by atoms with Crippen molar-refractivity contribution in [2.75, 3.05) is 23.7 Å². The standard InChI is InChI=1S/C22H26BrN7O/c1-14(2)24-11-12-25-21(31)16-7-9-17(10-8-16)28-22-26-13-18(23)20(30-22)29-19-6-4-5-15(3)27-19/h4-10,13-14,24H,11-12H2,1-3H3,(H,25,31)(H2,26,27,28,29,30). The highest BCUT2D eigenvalue weighted by Crippen LogP contribution is 2.24. The van der Waals surface area contributed by atoms with Gasteiger partial charge in [-0.2, -0.15) is 4.98 Å². The molecule has 0 saturated heterocycles. The molecular weight excluding hydrogens is 458 g/mol. The highest BCUT2D eigenvalue weighted by molar-refractivity contribution is 9.10. The number of nitrogens with one attached hydrogen (secondary N) is 4. The lowest BCUT2D eigenvalue weighted by Gasteiger charge is -2.11. The number of pyridine rings is 1. The Kier molecular flexibility index (Phi) is 7.91. The summed E-state index contributed by atoms with van der Waals surface area (Å²) in [5.41, 5.74) is 2.29. The van der Waals surface area contributed by atoms with Crippen LogP contribution >= 0.6 is 15.9 Å². The highest BCUT2D eigenvalue weighted by atomic mass is 79.9. The van der Waals surface area contributed by atoms with Crippen LogP contribution in [-0.4, -0.2) is 40.0 Å². The summed E-state index contributed by atoms with van der Waals surface area (Å²) >= 11 is 3.46. The van der Waals surface area contributed by atoms with Gasteiger partial charge in [-0.15, -0.1) is 0 Å². The monoisotopic (exact) mass is 483 g/mol. The lowest BCUT2D eigenvalue weighted by atomic mass is 10.2. The van der Waals surface area contributed by atoms with Crippen LogP contribution in [0.25, 0.3) is 0 Å². The zero-order chi connectivity index (χ0) is 22.2. The number of anilines is 4. The largest absolute Gasteiger partial charge is 0.351 e. The van der Waals surface area contributed by atoms with Crippen LogP contribution in [0.3, 0.4) is 0 Å². The molecule has 0 spiro atoms. The molecule has 0 fully saturated rings. The lowest BCUT2D eigenvalue weighted by molar-refractivity contribution is 0.0953. The molecule has 3 rings (SSSR count). The van der Waals surface area contributed by atoms with Gasteiger partial charge >= 0.3 is 0 Å². The van der Waals surface area contributed by atoms with Gasteiger partial charge in [-0.1, -0.05) is 19.9 Å². The minimum atomic E-state index is -0.103. The first kappa shape index (κ1) is 22.6. The van der Waals surface area contributed by atoms with E-state index in [2.05, 4.69) is 66.0 Å². The average Bonchev–Trinajstić information content (AvgIpc) is 2.74. The summed E-state index contributed by atoms with van der Waals surface area (Å²) in [7, 11) is 0. The third kappa shape index (κ3) is 7.01. The van der Waals surface area contributed by atoms with Gasteiger partial charge in [0.15, 0.2) is 5.82 Å². The van der Waals surface area contributed by atoms with Crippen molar-refractivity contribution in [1.82, 2.24) is 25.6 Å². The van der Waals surface area contributed by atoms with Crippen LogP contribution in [0.1, 0.15) is 29.9 Å². The number of hydrogen-bond acceptors (Lipinski definition) is 7. The van der Waals surface area contributed by atoms with Gasteiger partial charge in [-0.3, -0.25) is 4.79 Å². The maximum Gasteiger partial charge on any atom is 0.251 e. The van der Waals surface area contributed by atoms with E-state index in [0.29, 0.717) is 35.7 Å². The van der Waals surface area contributed by atoms with Gasteiger partial charge in [-0.05, 0) is 59.3 Å². The summed E-state index contributed by atoms with van der Waals surface area (Å²) in [6.07, 6.45) is 1.67. The van der Waals surface area contributed by atoms with Crippen molar-refractivity contribution in [2.45, 2.75) is 26.8 Å². The van der Waals surface area contributed by atoms with Crippen LogP contribution in [0.5, 0.6) is 0 Å². The molecule has 3 aromatic rings. The van der Waals surface area contributed by atoms with Gasteiger partial charge in [-0.25, -0.2) is 9.97 Å². The summed E-state index contributed by atoms with van der Waals surface area (Å²) in [6.45, 7) is 7.38. The van der Waals surface area contributed by atoms with E-state index in [-0.39, 0.29) is 5.91 Å². The van der Waals surface area contributed by atoms with Gasteiger partial charge in [0.2, 0.25) is 5.95 Å². The second-order valence-corrected chi connectivity index (χ2v) is 8.10. The minimum absolute atomic E-state index is 0.103. The number of aromatic nitrogens is 3. The molecule has 0 aliphatic rings. The average molecular weight is 484 g/mol. The highest BCUT2D eigenvalue weighted by Gasteiger charge is 2.08. The van der Waals surface area contributed by atoms with Crippen molar-refractivity contribution in [1.29, 1.82) is 0 Å². The minimum Gasteiger partial charge on any atom is -0.351 e. The maximum atomic E-state index is 12.2. The van der Waals surface area contributed by atoms with E-state index in [4.69, 9.17) is 0 Å². The predicted octanol–water partition coefficient (Wildman–Crippen LogP) is 4.16. The number of halogens is 1. The Morgan fingerprint density at radius 2 is 1.81 bits per heavy atom. The van der Waals surface area contributed by atoms with Crippen LogP contribution in [0, 0.1) is 6.92 Å². The number of hydrogen-bond donors (Lipinski definition) is 4. The molecule has 4 N–H and O–H groups in total. The smallest absolute Gasteiger partial charge is 0.251 e. The Bertz CT molecular complexity index is 1020. The zero-order valence-electron chi connectivity index (χ0n) is 17.7. The van der Waals surface area contributed by atoms with E-state index >= 15 is 0 Å². The van der Waals surface area contributed by atoms with E-state index in [1.54, 1.807) is 18.3 Å². The van der Waals surface area contributed by atoms with Crippen LogP contribution in [0.4, 0.5) is 23.3 Å². The Labute approximate surface area is 190 Å². The normalized spacial score (nSPS) is 10.7. The second kappa shape index (κ2) is 10.8. The summed E-state index contributed by atoms with van der Waals surface area (Å²) in [6, 6.07) is 13.3. The maximum absolute atomic E-state index is 12.2. The van der Waals surface area contributed by atoms with Crippen LogP contribution < -0.4 is 21.3 Å². The van der Waals surface area contributed by atoms with Crippen molar-refractivity contribution < 1.29 is 4.79 Å². The Morgan fingerprint density at radius 3 is 2.52 bits per heavy atom. The molecule has 31 heavy (non-hydrogen) atoms. The summed E-state index contributed by atoms with van der Waals surface area (Å²) < 4.78 is 0.723. The molecule has 0 aliphatic heterocycles. The zero-order valence-corrected chi connectivity index (χ0v) is 19.3. The molecule has 9 heteroatoms. The predicted molar refractivity (Wildman–Crippen MR) is 127 cm³/mol. The molecule has 0 atom stereocenters. The fourth-order valence-electron chi connectivity index (χ4n) is 2.72. The molecule has 1 aromatic carbocycles. The number of carbonyl (C=O) groups excluding carboxylic acids is 1. The van der Waals surface area contributed by atoms with Crippen LogP contribution in [-0.2, 0) is 0 Å². The SMILES string of the molecule is Cc1cccc(Nc2nc(Nc3ccc(C(=O)NCCNC(C)C)cc3)ncc2Br)n1. The van der Waals surface area contributed by atoms with Crippen LogP contribution in [0.2, 0.25) is 0 Å². The fourth-order valence-corrected chi connectivity index (χ4v) is 3.01. The van der Waals surface area contributed by atoms with E-state index in [9.17, 15) is 4.79 Å². The van der Waals surface area contributed by atoms with E-state index < -0.39 is 0 Å². The van der Waals surface area contributed by atoms with E-state index in [0.717, 1.165) is 22.4 Å². The molecule has 162 valence electrons. The fraction of sp³-hybridized carbons (Fsp3) is 0.273. The first-order chi connectivity index (χ1) is 14.9. The second-order valence-electron chi connectivity index (χ2n) is 7.25. The number of aryl methyl sites for hydroxylation is 1. The molecule has 0 aliphatic carbocycles. The summed E-state index contributed by atoms with van der Waals surface area (Å²) in [5, 5.41) is 12.5.